The van der Waals surface area contributed by atoms with E-state index in [9.17, 15) is 23.1 Å². The van der Waals surface area contributed by atoms with Crippen molar-refractivity contribution >= 4 is 21.9 Å². The predicted molar refractivity (Wildman–Crippen MR) is 99.1 cm³/mol. The molecular formula is C18H26N2O6S. The zero-order chi connectivity index (χ0) is 20.1. The van der Waals surface area contributed by atoms with Gasteiger partial charge in [-0.05, 0) is 31.0 Å². The van der Waals surface area contributed by atoms with Gasteiger partial charge in [0.05, 0.1) is 16.9 Å². The van der Waals surface area contributed by atoms with E-state index in [0.717, 1.165) is 0 Å². The van der Waals surface area contributed by atoms with Crippen molar-refractivity contribution in [2.75, 3.05) is 26.3 Å². The van der Waals surface area contributed by atoms with E-state index in [1.165, 1.54) is 28.6 Å². The lowest BCUT2D eigenvalue weighted by atomic mass is 9.86. The monoisotopic (exact) mass is 398 g/mol. The Kier molecular flexibility index (Phi) is 6.96. The molecule has 1 aromatic rings. The van der Waals surface area contributed by atoms with E-state index >= 15 is 0 Å². The molecule has 2 N–H and O–H groups in total. The highest BCUT2D eigenvalue weighted by Gasteiger charge is 2.36. The number of aliphatic carboxylic acids is 1. The first-order valence-electron chi connectivity index (χ1n) is 8.96. The van der Waals surface area contributed by atoms with E-state index < -0.39 is 27.4 Å². The Morgan fingerprint density at radius 3 is 2.41 bits per heavy atom. The van der Waals surface area contributed by atoms with Crippen LogP contribution < -0.4 is 5.32 Å². The van der Waals surface area contributed by atoms with Crippen LogP contribution >= 0.6 is 0 Å². The molecule has 1 aliphatic heterocycles. The van der Waals surface area contributed by atoms with Gasteiger partial charge in [-0.1, -0.05) is 19.9 Å². The smallest absolute Gasteiger partial charge is 0.305 e. The second kappa shape index (κ2) is 8.81. The fourth-order valence-electron chi connectivity index (χ4n) is 3.22. The van der Waals surface area contributed by atoms with Crippen molar-refractivity contribution < 1.29 is 27.9 Å². The molecule has 0 spiro atoms. The fourth-order valence-corrected chi connectivity index (χ4v) is 4.73. The number of nitrogens with zero attached hydrogens (tertiary/aromatic N) is 1. The molecule has 27 heavy (non-hydrogen) atoms. The second-order valence-electron chi connectivity index (χ2n) is 6.53. The average Bonchev–Trinajstić information content (AvgIpc) is 2.62. The molecule has 1 heterocycles. The van der Waals surface area contributed by atoms with E-state index in [0.29, 0.717) is 39.1 Å². The number of nitrogens with one attached hydrogen (secondary N) is 1. The van der Waals surface area contributed by atoms with Crippen LogP contribution in [0.5, 0.6) is 0 Å². The van der Waals surface area contributed by atoms with Crippen LogP contribution in [0.4, 0.5) is 0 Å². The van der Waals surface area contributed by atoms with Crippen LogP contribution in [0.25, 0.3) is 0 Å². The summed E-state index contributed by atoms with van der Waals surface area (Å²) < 4.78 is 31.9. The minimum absolute atomic E-state index is 0.0399. The standard InChI is InChI=1S/C18H26N2O6S/c1-3-20(4-2)27(24,25)15-7-5-6-14(12-15)17(23)19-18(13-16(21)22)8-10-26-11-9-18/h5-7,12H,3-4,8-11,13H2,1-2H3,(H,19,23)(H,21,22). The van der Waals surface area contributed by atoms with Gasteiger partial charge in [0.25, 0.3) is 5.91 Å². The number of hydrogen-bond donors (Lipinski definition) is 2. The largest absolute Gasteiger partial charge is 0.481 e. The lowest BCUT2D eigenvalue weighted by Gasteiger charge is -2.36. The molecule has 0 bridgehead atoms. The van der Waals surface area contributed by atoms with Crippen molar-refractivity contribution in [2.24, 2.45) is 0 Å². The van der Waals surface area contributed by atoms with Gasteiger partial charge in [0, 0.05) is 31.9 Å². The maximum atomic E-state index is 12.7. The molecular weight excluding hydrogens is 372 g/mol. The van der Waals surface area contributed by atoms with Crippen molar-refractivity contribution in [1.82, 2.24) is 9.62 Å². The number of carbonyl (C=O) groups excluding carboxylic acids is 1. The van der Waals surface area contributed by atoms with Crippen LogP contribution in [0.2, 0.25) is 0 Å². The summed E-state index contributed by atoms with van der Waals surface area (Å²) in [5, 5.41) is 12.0. The van der Waals surface area contributed by atoms with E-state index in [1.807, 2.05) is 0 Å². The Labute approximate surface area is 159 Å². The average molecular weight is 398 g/mol. The maximum Gasteiger partial charge on any atom is 0.305 e. The molecule has 0 unspecified atom stereocenters. The van der Waals surface area contributed by atoms with Gasteiger partial charge in [-0.3, -0.25) is 9.59 Å². The summed E-state index contributed by atoms with van der Waals surface area (Å²) in [7, 11) is -3.69. The predicted octanol–water partition coefficient (Wildman–Crippen LogP) is 1.47. The summed E-state index contributed by atoms with van der Waals surface area (Å²) >= 11 is 0. The van der Waals surface area contributed by atoms with Gasteiger partial charge in [-0.2, -0.15) is 4.31 Å². The first-order valence-corrected chi connectivity index (χ1v) is 10.4. The summed E-state index contributed by atoms with van der Waals surface area (Å²) in [5.41, 5.74) is -0.714. The minimum atomic E-state index is -3.69. The highest BCUT2D eigenvalue weighted by Crippen LogP contribution is 2.26. The Hall–Kier alpha value is -1.97. The molecule has 1 amide bonds. The lowest BCUT2D eigenvalue weighted by Crippen LogP contribution is -2.53. The van der Waals surface area contributed by atoms with E-state index in [4.69, 9.17) is 4.74 Å². The van der Waals surface area contributed by atoms with E-state index in [1.54, 1.807) is 13.8 Å². The molecule has 0 aromatic heterocycles. The molecule has 150 valence electrons. The van der Waals surface area contributed by atoms with Crippen LogP contribution in [0.15, 0.2) is 29.2 Å². The van der Waals surface area contributed by atoms with E-state index in [2.05, 4.69) is 5.32 Å². The topological polar surface area (TPSA) is 113 Å². The molecule has 8 nitrogen and oxygen atoms in total. The molecule has 1 saturated heterocycles. The highest BCUT2D eigenvalue weighted by atomic mass is 32.2. The van der Waals surface area contributed by atoms with Crippen molar-refractivity contribution in [1.29, 1.82) is 0 Å². The quantitative estimate of drug-likeness (QED) is 0.686. The molecule has 0 saturated carbocycles. The van der Waals surface area contributed by atoms with E-state index in [-0.39, 0.29) is 16.9 Å². The molecule has 0 radical (unpaired) electrons. The molecule has 1 aliphatic rings. The Bertz CT molecular complexity index is 783. The molecule has 1 aromatic carbocycles. The minimum Gasteiger partial charge on any atom is -0.481 e. The van der Waals surface area contributed by atoms with Gasteiger partial charge in [0.15, 0.2) is 0 Å². The molecule has 0 aliphatic carbocycles. The Morgan fingerprint density at radius 2 is 1.85 bits per heavy atom. The maximum absolute atomic E-state index is 12.7. The highest BCUT2D eigenvalue weighted by molar-refractivity contribution is 7.89. The number of amides is 1. The van der Waals surface area contributed by atoms with Crippen LogP contribution in [0.1, 0.15) is 43.5 Å². The second-order valence-corrected chi connectivity index (χ2v) is 8.47. The first kappa shape index (κ1) is 21.3. The van der Waals surface area contributed by atoms with Gasteiger partial charge in [0.1, 0.15) is 0 Å². The summed E-state index contributed by atoms with van der Waals surface area (Å²) in [6.07, 6.45) is 0.574. The Balaban J connectivity index is 2.27. The van der Waals surface area contributed by atoms with Crippen LogP contribution in [-0.4, -0.2) is 61.5 Å². The van der Waals surface area contributed by atoms with Crippen LogP contribution in [0.3, 0.4) is 0 Å². The number of benzene rings is 1. The number of sulfonamides is 1. The molecule has 2 rings (SSSR count). The van der Waals surface area contributed by atoms with Gasteiger partial charge in [-0.15, -0.1) is 0 Å². The third-order valence-corrected chi connectivity index (χ3v) is 6.80. The summed E-state index contributed by atoms with van der Waals surface area (Å²) in [6, 6.07) is 5.81. The molecule has 1 fully saturated rings. The van der Waals surface area contributed by atoms with Crippen LogP contribution in [-0.2, 0) is 19.6 Å². The fraction of sp³-hybridized carbons (Fsp3) is 0.556. The first-order chi connectivity index (χ1) is 12.7. The van der Waals surface area contributed by atoms with Gasteiger partial charge in [-0.25, -0.2) is 8.42 Å². The van der Waals surface area contributed by atoms with Crippen molar-refractivity contribution in [2.45, 2.75) is 43.5 Å². The summed E-state index contributed by atoms with van der Waals surface area (Å²) in [5.74, 6) is -1.50. The van der Waals surface area contributed by atoms with Crippen molar-refractivity contribution in [3.63, 3.8) is 0 Å². The van der Waals surface area contributed by atoms with Gasteiger partial charge < -0.3 is 15.2 Å². The third-order valence-electron chi connectivity index (χ3n) is 4.76. The van der Waals surface area contributed by atoms with Crippen molar-refractivity contribution in [3.8, 4) is 0 Å². The normalized spacial score (nSPS) is 16.9. The zero-order valence-corrected chi connectivity index (χ0v) is 16.4. The number of rotatable bonds is 8. The Morgan fingerprint density at radius 1 is 1.22 bits per heavy atom. The number of ether oxygens (including phenoxy) is 1. The molecule has 0 atom stereocenters. The number of carbonyl (C=O) groups is 2. The number of carboxylic acids is 1. The summed E-state index contributed by atoms with van der Waals surface area (Å²) in [6.45, 7) is 4.89. The lowest BCUT2D eigenvalue weighted by molar-refractivity contribution is -0.139. The van der Waals surface area contributed by atoms with Crippen molar-refractivity contribution in [3.05, 3.63) is 29.8 Å². The van der Waals surface area contributed by atoms with Crippen LogP contribution in [0, 0.1) is 0 Å². The zero-order valence-electron chi connectivity index (χ0n) is 15.6. The third kappa shape index (κ3) is 5.06. The van der Waals surface area contributed by atoms with Gasteiger partial charge >= 0.3 is 5.97 Å². The number of carboxylic acid groups (broad SMARTS) is 1. The number of hydrogen-bond acceptors (Lipinski definition) is 5. The van der Waals surface area contributed by atoms with Gasteiger partial charge in [0.2, 0.25) is 10.0 Å². The SMILES string of the molecule is CCN(CC)S(=O)(=O)c1cccc(C(=O)NC2(CC(=O)O)CCOCC2)c1. The molecule has 9 heteroatoms. The summed E-state index contributed by atoms with van der Waals surface area (Å²) in [4.78, 5) is 24.0.